The minimum absolute atomic E-state index is 0. The topological polar surface area (TPSA) is 54.9 Å². The van der Waals surface area contributed by atoms with Crippen molar-refractivity contribution in [1.29, 1.82) is 0 Å². The van der Waals surface area contributed by atoms with Gasteiger partial charge in [0, 0.05) is 23.3 Å². The predicted octanol–water partition coefficient (Wildman–Crippen LogP) is 4.55. The number of halogens is 2. The zero-order valence-electron chi connectivity index (χ0n) is 14.5. The number of nitrogens with one attached hydrogen (secondary N) is 2. The Balaban J connectivity index is 0.00000312. The van der Waals surface area contributed by atoms with E-state index in [-0.39, 0.29) is 24.0 Å². The summed E-state index contributed by atoms with van der Waals surface area (Å²) in [5.74, 6) is 2.03. The molecule has 0 amide bonds. The number of aliphatic imine (C=N–C) groups is 1. The minimum atomic E-state index is 0. The van der Waals surface area contributed by atoms with Gasteiger partial charge in [-0.05, 0) is 36.8 Å². The maximum Gasteiger partial charge on any atom is 0.196 e. The lowest BCUT2D eigenvalue weighted by Crippen LogP contribution is -2.30. The van der Waals surface area contributed by atoms with Crippen LogP contribution in [0.3, 0.4) is 0 Å². The highest BCUT2D eigenvalue weighted by molar-refractivity contribution is 14.0. The Morgan fingerprint density at radius 2 is 1.84 bits per heavy atom. The molecule has 0 aliphatic heterocycles. The van der Waals surface area contributed by atoms with E-state index in [9.17, 15) is 0 Å². The molecule has 0 aliphatic rings. The Kier molecular flexibility index (Phi) is 9.44. The summed E-state index contributed by atoms with van der Waals surface area (Å²) in [6.45, 7) is 3.31. The molecule has 0 aliphatic carbocycles. The van der Waals surface area contributed by atoms with E-state index in [2.05, 4.69) is 15.6 Å². The summed E-state index contributed by atoms with van der Waals surface area (Å²) >= 11 is 6.01. The number of hydrogen-bond donors (Lipinski definition) is 2. The van der Waals surface area contributed by atoms with E-state index < -0.39 is 0 Å². The molecule has 2 aromatic carbocycles. The number of nitrogens with zero attached hydrogens (tertiary/aromatic N) is 1. The van der Waals surface area contributed by atoms with Gasteiger partial charge in [0.05, 0.1) is 20.8 Å². The third-order valence-corrected chi connectivity index (χ3v) is 3.53. The lowest BCUT2D eigenvalue weighted by Gasteiger charge is -2.14. The van der Waals surface area contributed by atoms with Crippen molar-refractivity contribution in [2.24, 2.45) is 4.99 Å². The highest BCUT2D eigenvalue weighted by Gasteiger charge is 2.06. The van der Waals surface area contributed by atoms with Crippen LogP contribution >= 0.6 is 35.6 Å². The lowest BCUT2D eigenvalue weighted by atomic mass is 10.2. The normalized spacial score (nSPS) is 10.6. The number of rotatable bonds is 6. The van der Waals surface area contributed by atoms with E-state index in [1.807, 2.05) is 49.4 Å². The predicted molar refractivity (Wildman–Crippen MR) is 115 cm³/mol. The highest BCUT2D eigenvalue weighted by Crippen LogP contribution is 2.29. The van der Waals surface area contributed by atoms with Crippen molar-refractivity contribution in [1.82, 2.24) is 5.32 Å². The summed E-state index contributed by atoms with van der Waals surface area (Å²) in [7, 11) is 3.22. The van der Waals surface area contributed by atoms with Gasteiger partial charge in [-0.1, -0.05) is 23.7 Å². The third-order valence-electron chi connectivity index (χ3n) is 3.30. The van der Waals surface area contributed by atoms with Crippen molar-refractivity contribution in [3.05, 3.63) is 53.1 Å². The van der Waals surface area contributed by atoms with Crippen LogP contribution in [0.15, 0.2) is 47.5 Å². The molecule has 0 radical (unpaired) electrons. The molecule has 2 aromatic rings. The lowest BCUT2D eigenvalue weighted by molar-refractivity contribution is 0.355. The Morgan fingerprint density at radius 1 is 1.08 bits per heavy atom. The average molecular weight is 476 g/mol. The second-order valence-electron chi connectivity index (χ2n) is 5.02. The Hall–Kier alpha value is -1.67. The molecule has 7 heteroatoms. The van der Waals surface area contributed by atoms with E-state index in [1.165, 1.54) is 0 Å². The van der Waals surface area contributed by atoms with Crippen LogP contribution in [0.5, 0.6) is 11.5 Å². The monoisotopic (exact) mass is 475 g/mol. The molecule has 0 fully saturated rings. The van der Waals surface area contributed by atoms with Crippen LogP contribution in [0.4, 0.5) is 5.69 Å². The first kappa shape index (κ1) is 21.4. The van der Waals surface area contributed by atoms with Gasteiger partial charge in [0.25, 0.3) is 0 Å². The SMILES string of the molecule is CCNC(=NCc1cccc(Cl)c1)Nc1ccc(OC)c(OC)c1.I. The molecule has 5 nitrogen and oxygen atoms in total. The molecular formula is C18H23ClIN3O2. The first-order valence-corrected chi connectivity index (χ1v) is 8.06. The molecule has 0 saturated heterocycles. The van der Waals surface area contributed by atoms with Gasteiger partial charge in [-0.15, -0.1) is 24.0 Å². The van der Waals surface area contributed by atoms with Gasteiger partial charge in [-0.2, -0.15) is 0 Å². The second-order valence-corrected chi connectivity index (χ2v) is 5.46. The Bertz CT molecular complexity index is 710. The molecule has 136 valence electrons. The average Bonchev–Trinajstić information content (AvgIpc) is 2.60. The third kappa shape index (κ3) is 6.62. The molecule has 0 unspecified atom stereocenters. The van der Waals surface area contributed by atoms with Gasteiger partial charge < -0.3 is 20.1 Å². The number of guanidine groups is 1. The number of benzene rings is 2. The summed E-state index contributed by atoms with van der Waals surface area (Å²) in [6.07, 6.45) is 0. The summed E-state index contributed by atoms with van der Waals surface area (Å²) in [5.41, 5.74) is 1.91. The van der Waals surface area contributed by atoms with Crippen LogP contribution in [-0.4, -0.2) is 26.7 Å². The van der Waals surface area contributed by atoms with Crippen molar-refractivity contribution in [3.8, 4) is 11.5 Å². The summed E-state index contributed by atoms with van der Waals surface area (Å²) < 4.78 is 10.6. The molecular weight excluding hydrogens is 453 g/mol. The van der Waals surface area contributed by atoms with Crippen molar-refractivity contribution in [2.45, 2.75) is 13.5 Å². The van der Waals surface area contributed by atoms with Gasteiger partial charge in [-0.3, -0.25) is 0 Å². The molecule has 0 atom stereocenters. The smallest absolute Gasteiger partial charge is 0.196 e. The number of methoxy groups -OCH3 is 2. The van der Waals surface area contributed by atoms with Gasteiger partial charge in [-0.25, -0.2) is 4.99 Å². The fraction of sp³-hybridized carbons (Fsp3) is 0.278. The van der Waals surface area contributed by atoms with Crippen LogP contribution in [0.1, 0.15) is 12.5 Å². The van der Waals surface area contributed by atoms with Crippen LogP contribution in [0.2, 0.25) is 5.02 Å². The van der Waals surface area contributed by atoms with Crippen LogP contribution < -0.4 is 20.1 Å². The number of ether oxygens (including phenoxy) is 2. The minimum Gasteiger partial charge on any atom is -0.493 e. The van der Waals surface area contributed by atoms with E-state index >= 15 is 0 Å². The fourth-order valence-corrected chi connectivity index (χ4v) is 2.38. The van der Waals surface area contributed by atoms with Gasteiger partial charge in [0.1, 0.15) is 0 Å². The maximum absolute atomic E-state index is 6.01. The first-order valence-electron chi connectivity index (χ1n) is 7.68. The molecule has 0 bridgehead atoms. The fourth-order valence-electron chi connectivity index (χ4n) is 2.16. The van der Waals surface area contributed by atoms with Crippen molar-refractivity contribution in [3.63, 3.8) is 0 Å². The van der Waals surface area contributed by atoms with Crippen LogP contribution in [-0.2, 0) is 6.54 Å². The van der Waals surface area contributed by atoms with Gasteiger partial charge in [0.2, 0.25) is 0 Å². The van der Waals surface area contributed by atoms with E-state index in [1.54, 1.807) is 14.2 Å². The zero-order chi connectivity index (χ0) is 17.4. The Morgan fingerprint density at radius 3 is 2.48 bits per heavy atom. The molecule has 2 rings (SSSR count). The zero-order valence-corrected chi connectivity index (χ0v) is 17.6. The maximum atomic E-state index is 6.01. The van der Waals surface area contributed by atoms with Gasteiger partial charge in [0.15, 0.2) is 17.5 Å². The van der Waals surface area contributed by atoms with Crippen molar-refractivity contribution >= 4 is 47.2 Å². The number of anilines is 1. The summed E-state index contributed by atoms with van der Waals surface area (Å²) in [4.78, 5) is 4.58. The highest BCUT2D eigenvalue weighted by atomic mass is 127. The largest absolute Gasteiger partial charge is 0.493 e. The molecule has 0 spiro atoms. The Labute approximate surface area is 170 Å². The number of hydrogen-bond acceptors (Lipinski definition) is 3. The summed E-state index contributed by atoms with van der Waals surface area (Å²) in [5, 5.41) is 7.19. The quantitative estimate of drug-likeness (QED) is 0.366. The first-order chi connectivity index (χ1) is 11.7. The standard InChI is InChI=1S/C18H22ClN3O2.HI/c1-4-20-18(21-12-13-6-5-7-14(19)10-13)22-15-8-9-16(23-2)17(11-15)24-3;/h5-11H,4,12H2,1-3H3,(H2,20,21,22);1H. The summed E-state index contributed by atoms with van der Waals surface area (Å²) in [6, 6.07) is 13.3. The molecule has 25 heavy (non-hydrogen) atoms. The van der Waals surface area contributed by atoms with E-state index in [4.69, 9.17) is 21.1 Å². The molecule has 0 aromatic heterocycles. The van der Waals surface area contributed by atoms with Gasteiger partial charge >= 0.3 is 0 Å². The van der Waals surface area contributed by atoms with E-state index in [0.29, 0.717) is 29.0 Å². The van der Waals surface area contributed by atoms with E-state index in [0.717, 1.165) is 17.8 Å². The molecule has 0 saturated carbocycles. The van der Waals surface area contributed by atoms with Crippen LogP contribution in [0.25, 0.3) is 0 Å². The molecule has 2 N–H and O–H groups in total. The second kappa shape index (κ2) is 11.0. The van der Waals surface area contributed by atoms with Crippen molar-refractivity contribution < 1.29 is 9.47 Å². The van der Waals surface area contributed by atoms with Crippen molar-refractivity contribution in [2.75, 3.05) is 26.1 Å². The van der Waals surface area contributed by atoms with Crippen LogP contribution in [0, 0.1) is 0 Å². The molecule has 0 heterocycles.